The number of halogens is 1. The summed E-state index contributed by atoms with van der Waals surface area (Å²) in [6, 6.07) is 19.5. The smallest absolute Gasteiger partial charge is 0.0317 e. The summed E-state index contributed by atoms with van der Waals surface area (Å²) in [7, 11) is -0.417. The molecule has 118 valence electrons. The average Bonchev–Trinajstić information content (AvgIpc) is 2.47. The maximum absolute atomic E-state index is 6.36. The molecule has 0 aliphatic rings. The highest BCUT2D eigenvalue weighted by molar-refractivity contribution is 7.69. The molecule has 1 unspecified atom stereocenters. The quantitative estimate of drug-likeness (QED) is 0.456. The zero-order valence-electron chi connectivity index (χ0n) is 14.2. The van der Waals surface area contributed by atoms with Crippen LogP contribution in [0.2, 0.25) is 0 Å². The molecule has 0 fully saturated rings. The van der Waals surface area contributed by atoms with Crippen LogP contribution in [0.15, 0.2) is 54.6 Å². The lowest BCUT2D eigenvalue weighted by Gasteiger charge is -2.43. The van der Waals surface area contributed by atoms with Crippen molar-refractivity contribution in [3.63, 3.8) is 0 Å². The van der Waals surface area contributed by atoms with Gasteiger partial charge in [-0.25, -0.2) is 0 Å². The summed E-state index contributed by atoms with van der Waals surface area (Å²) < 4.78 is 0. The zero-order valence-corrected chi connectivity index (χ0v) is 15.9. The van der Waals surface area contributed by atoms with E-state index < -0.39 is 7.92 Å². The van der Waals surface area contributed by atoms with Gasteiger partial charge in [-0.1, -0.05) is 97.1 Å². The summed E-state index contributed by atoms with van der Waals surface area (Å²) in [6.45, 7) is 11.6. The van der Waals surface area contributed by atoms with Crippen molar-refractivity contribution in [3.8, 4) is 11.1 Å². The van der Waals surface area contributed by atoms with E-state index >= 15 is 0 Å². The third-order valence-corrected chi connectivity index (χ3v) is 8.27. The van der Waals surface area contributed by atoms with Crippen molar-refractivity contribution >= 4 is 24.8 Å². The van der Waals surface area contributed by atoms with Gasteiger partial charge in [0.25, 0.3) is 0 Å². The Labute approximate surface area is 141 Å². The van der Waals surface area contributed by atoms with E-state index in [2.05, 4.69) is 89.2 Å². The second-order valence-electron chi connectivity index (χ2n) is 7.34. The number of alkyl halides is 1. The molecule has 22 heavy (non-hydrogen) atoms. The summed E-state index contributed by atoms with van der Waals surface area (Å²) >= 11 is 6.36. The Bertz CT molecular complexity index is 611. The van der Waals surface area contributed by atoms with Crippen molar-refractivity contribution < 1.29 is 0 Å². The molecule has 0 heterocycles. The molecule has 0 aliphatic carbocycles. The first kappa shape index (κ1) is 17.5. The van der Waals surface area contributed by atoms with Crippen LogP contribution in [0.5, 0.6) is 0 Å². The van der Waals surface area contributed by atoms with Crippen molar-refractivity contribution in [2.75, 3.05) is 5.88 Å². The van der Waals surface area contributed by atoms with Gasteiger partial charge < -0.3 is 0 Å². The van der Waals surface area contributed by atoms with E-state index in [-0.39, 0.29) is 10.3 Å². The molecule has 0 nitrogen and oxygen atoms in total. The van der Waals surface area contributed by atoms with E-state index in [0.29, 0.717) is 5.88 Å². The van der Waals surface area contributed by atoms with Crippen molar-refractivity contribution in [2.24, 2.45) is 0 Å². The first-order valence-electron chi connectivity index (χ1n) is 7.78. The Balaban J connectivity index is 2.64. The fourth-order valence-electron chi connectivity index (χ4n) is 3.19. The lowest BCUT2D eigenvalue weighted by Crippen LogP contribution is -2.35. The van der Waals surface area contributed by atoms with Crippen LogP contribution < -0.4 is 5.30 Å². The minimum Gasteiger partial charge on any atom is -0.126 e. The molecule has 0 amide bonds. The molecule has 2 aromatic rings. The third kappa shape index (κ3) is 3.73. The second kappa shape index (κ2) is 6.73. The fraction of sp³-hybridized carbons (Fsp3) is 0.400. The van der Waals surface area contributed by atoms with Gasteiger partial charge >= 0.3 is 0 Å². The fourth-order valence-corrected chi connectivity index (χ4v) is 7.53. The van der Waals surface area contributed by atoms with Gasteiger partial charge in [0, 0.05) is 11.0 Å². The van der Waals surface area contributed by atoms with E-state index in [0.717, 1.165) is 0 Å². The number of hydrogen-bond donors (Lipinski definition) is 0. The molecule has 0 bridgehead atoms. The summed E-state index contributed by atoms with van der Waals surface area (Å²) in [5.41, 5.74) is 2.64. The lowest BCUT2D eigenvalue weighted by molar-refractivity contribution is 0.719. The average molecular weight is 333 g/mol. The van der Waals surface area contributed by atoms with Gasteiger partial charge in [0.15, 0.2) is 0 Å². The molecule has 0 aromatic heterocycles. The van der Waals surface area contributed by atoms with Crippen molar-refractivity contribution in [1.82, 2.24) is 0 Å². The van der Waals surface area contributed by atoms with E-state index in [4.69, 9.17) is 11.6 Å². The lowest BCUT2D eigenvalue weighted by atomic mass is 10.1. The van der Waals surface area contributed by atoms with Gasteiger partial charge in [0.2, 0.25) is 0 Å². The van der Waals surface area contributed by atoms with Crippen LogP contribution in [0.1, 0.15) is 34.6 Å². The van der Waals surface area contributed by atoms with Crippen LogP contribution in [0, 0.1) is 0 Å². The second-order valence-corrected chi connectivity index (χ2v) is 11.3. The predicted octanol–water partition coefficient (Wildman–Crippen LogP) is 6.28. The summed E-state index contributed by atoms with van der Waals surface area (Å²) in [5, 5.41) is 1.76. The summed E-state index contributed by atoms with van der Waals surface area (Å²) in [6.07, 6.45) is 0. The molecule has 1 atom stereocenters. The Morgan fingerprint density at radius 2 is 1.36 bits per heavy atom. The molecule has 0 spiro atoms. The molecule has 0 saturated heterocycles. The van der Waals surface area contributed by atoms with E-state index in [1.54, 1.807) is 0 Å². The minimum atomic E-state index is -0.417. The molecular weight excluding hydrogens is 307 g/mol. The van der Waals surface area contributed by atoms with Crippen molar-refractivity contribution in [2.45, 2.75) is 44.9 Å². The first-order chi connectivity index (χ1) is 10.3. The molecule has 0 N–H and O–H groups in total. The third-order valence-electron chi connectivity index (χ3n) is 3.83. The highest BCUT2D eigenvalue weighted by Gasteiger charge is 2.39. The Morgan fingerprint density at radius 1 is 0.818 bits per heavy atom. The predicted molar refractivity (Wildman–Crippen MR) is 103 cm³/mol. The zero-order chi connectivity index (χ0) is 16.4. The van der Waals surface area contributed by atoms with Gasteiger partial charge in [-0.3, -0.25) is 0 Å². The van der Waals surface area contributed by atoms with E-state index in [1.165, 1.54) is 16.4 Å². The Kier molecular flexibility index (Phi) is 5.36. The first-order valence-corrected chi connectivity index (χ1v) is 9.66. The van der Waals surface area contributed by atoms with Crippen LogP contribution in [-0.4, -0.2) is 16.2 Å². The maximum atomic E-state index is 6.36. The molecule has 0 aliphatic heterocycles. The SMILES string of the molecule is CC(C)(C)P(c1ccccc1-c1ccccc1)C(C)(C)CCl. The Morgan fingerprint density at radius 3 is 1.91 bits per heavy atom. The number of rotatable bonds is 4. The van der Waals surface area contributed by atoms with Crippen molar-refractivity contribution in [3.05, 3.63) is 54.6 Å². The van der Waals surface area contributed by atoms with Gasteiger partial charge in [0.05, 0.1) is 0 Å². The molecular formula is C20H26ClP. The van der Waals surface area contributed by atoms with E-state index in [1.807, 2.05) is 0 Å². The molecule has 0 radical (unpaired) electrons. The van der Waals surface area contributed by atoms with Crippen molar-refractivity contribution in [1.29, 1.82) is 0 Å². The van der Waals surface area contributed by atoms with Crippen LogP contribution in [0.4, 0.5) is 0 Å². The highest BCUT2D eigenvalue weighted by atomic mass is 35.5. The largest absolute Gasteiger partial charge is 0.126 e. The summed E-state index contributed by atoms with van der Waals surface area (Å²) in [5.74, 6) is 0.680. The standard InChI is InChI=1S/C20H26ClP/c1-19(2,3)22(20(4,5)15-21)18-14-10-9-13-17(18)16-11-7-6-8-12-16/h6-14H,15H2,1-5H3. The van der Waals surface area contributed by atoms with Gasteiger partial charge in [-0.05, 0) is 21.6 Å². The molecule has 2 heteroatoms. The monoisotopic (exact) mass is 332 g/mol. The van der Waals surface area contributed by atoms with Crippen LogP contribution in [0.25, 0.3) is 11.1 Å². The van der Waals surface area contributed by atoms with Gasteiger partial charge in [0.1, 0.15) is 0 Å². The summed E-state index contributed by atoms with van der Waals surface area (Å²) in [4.78, 5) is 0. The van der Waals surface area contributed by atoms with Crippen LogP contribution in [-0.2, 0) is 0 Å². The van der Waals surface area contributed by atoms with Crippen LogP contribution in [0.3, 0.4) is 0 Å². The minimum absolute atomic E-state index is 0.0972. The number of hydrogen-bond acceptors (Lipinski definition) is 0. The molecule has 0 saturated carbocycles. The van der Waals surface area contributed by atoms with Crippen LogP contribution >= 0.6 is 19.5 Å². The van der Waals surface area contributed by atoms with Gasteiger partial charge in [-0.2, -0.15) is 0 Å². The number of benzene rings is 2. The Hall–Kier alpha value is -0.840. The molecule has 2 rings (SSSR count). The maximum Gasteiger partial charge on any atom is 0.0317 e. The normalized spacial score (nSPS) is 13.9. The highest BCUT2D eigenvalue weighted by Crippen LogP contribution is 2.59. The van der Waals surface area contributed by atoms with E-state index in [9.17, 15) is 0 Å². The topological polar surface area (TPSA) is 0 Å². The molecule has 2 aromatic carbocycles. The van der Waals surface area contributed by atoms with Gasteiger partial charge in [-0.15, -0.1) is 11.6 Å².